The van der Waals surface area contributed by atoms with Crippen molar-refractivity contribution in [3.8, 4) is 22.5 Å². The summed E-state index contributed by atoms with van der Waals surface area (Å²) in [5.74, 6) is 1.03. The number of unbranched alkanes of at least 4 members (excludes halogenated alkanes) is 1. The average Bonchev–Trinajstić information content (AvgIpc) is 3.15. The lowest BCUT2D eigenvalue weighted by molar-refractivity contribution is 0.100. The van der Waals surface area contributed by atoms with E-state index in [0.29, 0.717) is 0 Å². The minimum absolute atomic E-state index is 0.761. The topological polar surface area (TPSA) is 47.1 Å². The number of imidazole rings is 1. The summed E-state index contributed by atoms with van der Waals surface area (Å²) in [5.41, 5.74) is 4.41. The van der Waals surface area contributed by atoms with Gasteiger partial charge in [0.2, 0.25) is 0 Å². The number of H-pyrrole nitrogens is 1. The van der Waals surface area contributed by atoms with Gasteiger partial charge in [-0.2, -0.15) is 0 Å². The number of hydrogen-bond donors (Lipinski definition) is 1. The first-order valence-electron chi connectivity index (χ1n) is 9.65. The van der Waals surface area contributed by atoms with Crippen molar-refractivity contribution in [3.05, 3.63) is 66.5 Å². The lowest BCUT2D eigenvalue weighted by Gasteiger charge is -2.03. The minimum atomic E-state index is 0.761. The quantitative estimate of drug-likeness (QED) is 0.480. The largest absolute Gasteiger partial charge is 0.385 e. The number of aromatic amines is 1. The van der Waals surface area contributed by atoms with E-state index in [0.717, 1.165) is 73.8 Å². The van der Waals surface area contributed by atoms with Crippen LogP contribution in [0, 0.1) is 0 Å². The van der Waals surface area contributed by atoms with Crippen LogP contribution in [0.15, 0.2) is 60.7 Å². The molecule has 0 saturated carbocycles. The van der Waals surface area contributed by atoms with Crippen molar-refractivity contribution in [1.82, 2.24) is 9.97 Å². The van der Waals surface area contributed by atoms with Gasteiger partial charge in [0.15, 0.2) is 0 Å². The van der Waals surface area contributed by atoms with E-state index in [2.05, 4.69) is 53.5 Å². The lowest BCUT2D eigenvalue weighted by Crippen LogP contribution is -2.01. The molecule has 2 aromatic carbocycles. The van der Waals surface area contributed by atoms with Crippen LogP contribution in [0.3, 0.4) is 0 Å². The summed E-state index contributed by atoms with van der Waals surface area (Å²) in [6, 6.07) is 20.8. The zero-order valence-electron chi connectivity index (χ0n) is 16.0. The second-order valence-electron chi connectivity index (χ2n) is 6.55. The first-order chi connectivity index (χ1) is 13.4. The van der Waals surface area contributed by atoms with Gasteiger partial charge in [-0.25, -0.2) is 4.98 Å². The third-order valence-corrected chi connectivity index (χ3v) is 4.45. The van der Waals surface area contributed by atoms with Crippen LogP contribution in [0.2, 0.25) is 0 Å². The number of nitrogens with one attached hydrogen (secondary N) is 1. The van der Waals surface area contributed by atoms with Crippen molar-refractivity contribution < 1.29 is 9.47 Å². The summed E-state index contributed by atoms with van der Waals surface area (Å²) in [4.78, 5) is 8.45. The summed E-state index contributed by atoms with van der Waals surface area (Å²) in [5, 5.41) is 0. The highest BCUT2D eigenvalue weighted by atomic mass is 16.5. The number of nitrogens with zero attached hydrogens (tertiary/aromatic N) is 1. The Kier molecular flexibility index (Phi) is 7.63. The van der Waals surface area contributed by atoms with E-state index >= 15 is 0 Å². The molecule has 0 saturated heterocycles. The number of methoxy groups -OCH3 is 1. The summed E-state index contributed by atoms with van der Waals surface area (Å²) in [7, 11) is 1.72. The van der Waals surface area contributed by atoms with E-state index in [4.69, 9.17) is 14.5 Å². The molecule has 0 unspecified atom stereocenters. The molecule has 1 N–H and O–H groups in total. The fraction of sp³-hybridized carbons (Fsp3) is 0.348. The molecule has 0 aliphatic carbocycles. The molecule has 0 radical (unpaired) electrons. The van der Waals surface area contributed by atoms with Crippen molar-refractivity contribution in [2.75, 3.05) is 26.9 Å². The second kappa shape index (κ2) is 10.7. The molecule has 0 bridgehead atoms. The van der Waals surface area contributed by atoms with Crippen molar-refractivity contribution in [2.24, 2.45) is 0 Å². The standard InChI is InChI=1S/C23H28N2O2/c1-26-16-10-18-27-17-9-8-15-21-24-22(19-11-4-2-5-12-19)23(25-21)20-13-6-3-7-14-20/h2-7,11-14H,8-10,15-18H2,1H3,(H,24,25). The molecule has 0 aliphatic heterocycles. The van der Waals surface area contributed by atoms with E-state index < -0.39 is 0 Å². The van der Waals surface area contributed by atoms with Gasteiger partial charge in [-0.1, -0.05) is 60.7 Å². The molecule has 1 aromatic heterocycles. The van der Waals surface area contributed by atoms with Gasteiger partial charge < -0.3 is 14.5 Å². The van der Waals surface area contributed by atoms with Crippen LogP contribution in [0.25, 0.3) is 22.5 Å². The molecule has 0 atom stereocenters. The Morgan fingerprint density at radius 1 is 0.778 bits per heavy atom. The van der Waals surface area contributed by atoms with Crippen molar-refractivity contribution in [1.29, 1.82) is 0 Å². The molecule has 27 heavy (non-hydrogen) atoms. The van der Waals surface area contributed by atoms with Gasteiger partial charge in [-0.3, -0.25) is 0 Å². The van der Waals surface area contributed by atoms with Crippen LogP contribution in [-0.2, 0) is 15.9 Å². The van der Waals surface area contributed by atoms with E-state index in [-0.39, 0.29) is 0 Å². The predicted molar refractivity (Wildman–Crippen MR) is 110 cm³/mol. The van der Waals surface area contributed by atoms with Gasteiger partial charge in [0.25, 0.3) is 0 Å². The van der Waals surface area contributed by atoms with E-state index in [1.807, 2.05) is 12.1 Å². The van der Waals surface area contributed by atoms with Gasteiger partial charge in [0, 0.05) is 44.5 Å². The van der Waals surface area contributed by atoms with Crippen LogP contribution in [0.5, 0.6) is 0 Å². The van der Waals surface area contributed by atoms with Crippen molar-refractivity contribution >= 4 is 0 Å². The first kappa shape index (κ1) is 19.3. The molecule has 0 aliphatic rings. The summed E-state index contributed by atoms with van der Waals surface area (Å²) in [6.07, 6.45) is 3.97. The zero-order valence-corrected chi connectivity index (χ0v) is 16.0. The Hall–Kier alpha value is -2.43. The third-order valence-electron chi connectivity index (χ3n) is 4.45. The van der Waals surface area contributed by atoms with Gasteiger partial charge in [0.1, 0.15) is 5.82 Å². The Labute approximate surface area is 161 Å². The first-order valence-corrected chi connectivity index (χ1v) is 9.65. The fourth-order valence-corrected chi connectivity index (χ4v) is 3.06. The average molecular weight is 364 g/mol. The molecular formula is C23H28N2O2. The van der Waals surface area contributed by atoms with E-state index in [9.17, 15) is 0 Å². The Balaban J connectivity index is 1.62. The molecule has 3 rings (SSSR count). The Morgan fingerprint density at radius 2 is 1.44 bits per heavy atom. The van der Waals surface area contributed by atoms with Crippen LogP contribution in [0.1, 0.15) is 25.1 Å². The summed E-state index contributed by atoms with van der Waals surface area (Å²) >= 11 is 0. The van der Waals surface area contributed by atoms with Gasteiger partial charge >= 0.3 is 0 Å². The van der Waals surface area contributed by atoms with Crippen LogP contribution < -0.4 is 0 Å². The molecule has 1 heterocycles. The third kappa shape index (κ3) is 5.78. The Morgan fingerprint density at radius 3 is 2.15 bits per heavy atom. The van der Waals surface area contributed by atoms with Crippen LogP contribution in [0.4, 0.5) is 0 Å². The molecular weight excluding hydrogens is 336 g/mol. The molecule has 4 nitrogen and oxygen atoms in total. The van der Waals surface area contributed by atoms with Gasteiger partial charge in [0.05, 0.1) is 11.4 Å². The van der Waals surface area contributed by atoms with Gasteiger partial charge in [-0.15, -0.1) is 0 Å². The van der Waals surface area contributed by atoms with Crippen molar-refractivity contribution in [2.45, 2.75) is 25.7 Å². The SMILES string of the molecule is COCCCOCCCCc1nc(-c2ccccc2)c(-c2ccccc2)[nH]1. The number of aryl methyl sites for hydroxylation is 1. The molecule has 3 aromatic rings. The normalized spacial score (nSPS) is 11.0. The minimum Gasteiger partial charge on any atom is -0.385 e. The number of benzene rings is 2. The molecule has 4 heteroatoms. The van der Waals surface area contributed by atoms with E-state index in [1.165, 1.54) is 0 Å². The van der Waals surface area contributed by atoms with Crippen LogP contribution >= 0.6 is 0 Å². The predicted octanol–water partition coefficient (Wildman–Crippen LogP) is 5.12. The summed E-state index contributed by atoms with van der Waals surface area (Å²) in [6.45, 7) is 2.32. The number of hydrogen-bond acceptors (Lipinski definition) is 3. The highest BCUT2D eigenvalue weighted by molar-refractivity contribution is 5.78. The molecule has 142 valence electrons. The molecule has 0 fully saturated rings. The monoisotopic (exact) mass is 364 g/mol. The number of rotatable bonds is 11. The second-order valence-corrected chi connectivity index (χ2v) is 6.55. The lowest BCUT2D eigenvalue weighted by atomic mass is 10.1. The molecule has 0 amide bonds. The maximum Gasteiger partial charge on any atom is 0.107 e. The van der Waals surface area contributed by atoms with Crippen LogP contribution in [-0.4, -0.2) is 36.9 Å². The maximum absolute atomic E-state index is 5.63. The van der Waals surface area contributed by atoms with Crippen molar-refractivity contribution in [3.63, 3.8) is 0 Å². The van der Waals surface area contributed by atoms with Gasteiger partial charge in [-0.05, 0) is 19.3 Å². The smallest absolute Gasteiger partial charge is 0.107 e. The van der Waals surface area contributed by atoms with E-state index in [1.54, 1.807) is 7.11 Å². The zero-order chi connectivity index (χ0) is 18.7. The highest BCUT2D eigenvalue weighted by Crippen LogP contribution is 2.30. The number of aromatic nitrogens is 2. The summed E-state index contributed by atoms with van der Waals surface area (Å²) < 4.78 is 10.7. The molecule has 0 spiro atoms. The number of ether oxygens (including phenoxy) is 2. The fourth-order valence-electron chi connectivity index (χ4n) is 3.06. The highest BCUT2D eigenvalue weighted by Gasteiger charge is 2.13. The maximum atomic E-state index is 5.63. The Bertz CT molecular complexity index is 728.